The molecule has 7 nitrogen and oxygen atoms in total. The Morgan fingerprint density at radius 3 is 2.58 bits per heavy atom. The molecule has 0 saturated carbocycles. The first kappa shape index (κ1) is 22.8. The highest BCUT2D eigenvalue weighted by Crippen LogP contribution is 2.32. The van der Waals surface area contributed by atoms with E-state index in [1.807, 2.05) is 53.4 Å². The highest BCUT2D eigenvalue weighted by atomic mass is 16.2. The van der Waals surface area contributed by atoms with Gasteiger partial charge in [-0.2, -0.15) is 0 Å². The van der Waals surface area contributed by atoms with Crippen molar-refractivity contribution in [2.45, 2.75) is 38.8 Å². The average molecular weight is 504 g/mol. The molecule has 1 N–H and O–H groups in total. The Labute approximate surface area is 220 Å². The molecule has 2 amide bonds. The van der Waals surface area contributed by atoms with Crippen molar-refractivity contribution < 1.29 is 9.59 Å². The summed E-state index contributed by atoms with van der Waals surface area (Å²) < 4.78 is 2.05. The molecule has 190 valence electrons. The first-order valence-electron chi connectivity index (χ1n) is 13.3. The van der Waals surface area contributed by atoms with Gasteiger partial charge in [-0.1, -0.05) is 54.6 Å². The normalized spacial score (nSPS) is 14.9. The fourth-order valence-electron chi connectivity index (χ4n) is 6.12. The van der Waals surface area contributed by atoms with Crippen molar-refractivity contribution in [2.24, 2.45) is 0 Å². The second-order valence-corrected chi connectivity index (χ2v) is 10.3. The number of carbonyl (C=O) groups is 2. The number of fused-ring (bicyclic) bond motifs is 5. The molecule has 2 aliphatic heterocycles. The third kappa shape index (κ3) is 3.53. The molecule has 0 saturated heterocycles. The second kappa shape index (κ2) is 8.87. The summed E-state index contributed by atoms with van der Waals surface area (Å²) in [6.45, 7) is 1.89. The van der Waals surface area contributed by atoms with Crippen LogP contribution in [0.5, 0.6) is 0 Å². The summed E-state index contributed by atoms with van der Waals surface area (Å²) in [6, 6.07) is 21.9. The Morgan fingerprint density at radius 2 is 1.68 bits per heavy atom. The Morgan fingerprint density at radius 1 is 0.895 bits per heavy atom. The zero-order valence-corrected chi connectivity index (χ0v) is 21.4. The SMILES string of the molecule is CN(C(=O)c1cccc2ccccc12)c1nc2n(c1C(=O)N1CCc3c([nH]c4ccccc34)C1)CCCC2. The minimum atomic E-state index is -0.164. The smallest absolute Gasteiger partial charge is 0.274 e. The first-order chi connectivity index (χ1) is 18.6. The number of aromatic amines is 1. The van der Waals surface area contributed by atoms with Gasteiger partial charge in [0.25, 0.3) is 11.8 Å². The van der Waals surface area contributed by atoms with Gasteiger partial charge in [-0.15, -0.1) is 0 Å². The van der Waals surface area contributed by atoms with Crippen molar-refractivity contribution in [1.82, 2.24) is 19.4 Å². The van der Waals surface area contributed by atoms with Crippen molar-refractivity contribution in [3.63, 3.8) is 0 Å². The minimum Gasteiger partial charge on any atom is -0.357 e. The van der Waals surface area contributed by atoms with Crippen molar-refractivity contribution in [3.8, 4) is 0 Å². The Balaban J connectivity index is 1.27. The van der Waals surface area contributed by atoms with Crippen LogP contribution in [-0.2, 0) is 25.9 Å². The van der Waals surface area contributed by atoms with Crippen LogP contribution in [0.2, 0.25) is 0 Å². The predicted molar refractivity (Wildman–Crippen MR) is 149 cm³/mol. The number of carbonyl (C=O) groups excluding carboxylic acids is 2. The van der Waals surface area contributed by atoms with Gasteiger partial charge >= 0.3 is 0 Å². The zero-order valence-electron chi connectivity index (χ0n) is 21.4. The molecule has 2 aromatic heterocycles. The van der Waals surface area contributed by atoms with E-state index in [0.717, 1.165) is 60.0 Å². The topological polar surface area (TPSA) is 74.2 Å². The van der Waals surface area contributed by atoms with Crippen molar-refractivity contribution >= 4 is 39.3 Å². The summed E-state index contributed by atoms with van der Waals surface area (Å²) >= 11 is 0. The summed E-state index contributed by atoms with van der Waals surface area (Å²) in [4.78, 5) is 39.9. The lowest BCUT2D eigenvalue weighted by atomic mass is 10.0. The van der Waals surface area contributed by atoms with Gasteiger partial charge < -0.3 is 14.5 Å². The highest BCUT2D eigenvalue weighted by Gasteiger charge is 2.34. The predicted octanol–water partition coefficient (Wildman–Crippen LogP) is 5.33. The maximum absolute atomic E-state index is 14.2. The fourth-order valence-corrected chi connectivity index (χ4v) is 6.12. The summed E-state index contributed by atoms with van der Waals surface area (Å²) in [5.41, 5.74) is 4.62. The van der Waals surface area contributed by atoms with Crippen molar-refractivity contribution in [2.75, 3.05) is 18.5 Å². The third-order valence-corrected chi connectivity index (χ3v) is 8.08. The number of para-hydroxylation sites is 1. The van der Waals surface area contributed by atoms with E-state index in [9.17, 15) is 9.59 Å². The van der Waals surface area contributed by atoms with Gasteiger partial charge in [0.05, 0.1) is 6.54 Å². The first-order valence-corrected chi connectivity index (χ1v) is 13.3. The van der Waals surface area contributed by atoms with Crippen LogP contribution in [0, 0.1) is 0 Å². The molecule has 7 heteroatoms. The molecule has 0 fully saturated rings. The number of rotatable bonds is 3. The molecule has 0 atom stereocenters. The van der Waals surface area contributed by atoms with Gasteiger partial charge in [0, 0.05) is 48.7 Å². The number of nitrogens with one attached hydrogen (secondary N) is 1. The number of aryl methyl sites for hydroxylation is 1. The molecule has 3 aromatic carbocycles. The maximum Gasteiger partial charge on any atom is 0.274 e. The average Bonchev–Trinajstić information content (AvgIpc) is 3.54. The van der Waals surface area contributed by atoms with Crippen molar-refractivity contribution in [3.05, 3.63) is 95.1 Å². The number of H-pyrrole nitrogens is 1. The van der Waals surface area contributed by atoms with Crippen LogP contribution < -0.4 is 4.90 Å². The van der Waals surface area contributed by atoms with Gasteiger partial charge in [0.15, 0.2) is 11.5 Å². The molecule has 0 radical (unpaired) electrons. The number of benzene rings is 3. The molecular formula is C31H29N5O2. The molecular weight excluding hydrogens is 474 g/mol. The van der Waals surface area contributed by atoms with E-state index >= 15 is 0 Å². The van der Waals surface area contributed by atoms with E-state index in [-0.39, 0.29) is 11.8 Å². The molecule has 0 aliphatic carbocycles. The lowest BCUT2D eigenvalue weighted by molar-refractivity contribution is 0.0721. The lowest BCUT2D eigenvalue weighted by Gasteiger charge is -2.29. The van der Waals surface area contributed by atoms with Crippen LogP contribution in [0.1, 0.15) is 50.8 Å². The van der Waals surface area contributed by atoms with Gasteiger partial charge in [-0.3, -0.25) is 14.5 Å². The van der Waals surface area contributed by atoms with Crippen molar-refractivity contribution in [1.29, 1.82) is 0 Å². The summed E-state index contributed by atoms with van der Waals surface area (Å²) in [5, 5.41) is 3.14. The van der Waals surface area contributed by atoms with E-state index in [4.69, 9.17) is 4.98 Å². The molecule has 0 bridgehead atoms. The monoisotopic (exact) mass is 503 g/mol. The molecule has 38 heavy (non-hydrogen) atoms. The minimum absolute atomic E-state index is 0.0671. The summed E-state index contributed by atoms with van der Waals surface area (Å²) in [5.74, 6) is 1.10. The Kier molecular flexibility index (Phi) is 5.32. The quantitative estimate of drug-likeness (QED) is 0.362. The van der Waals surface area contributed by atoms with Crippen LogP contribution in [0.3, 0.4) is 0 Å². The van der Waals surface area contributed by atoms with Gasteiger partial charge in [0.1, 0.15) is 5.82 Å². The van der Waals surface area contributed by atoms with Crippen LogP contribution >= 0.6 is 0 Å². The van der Waals surface area contributed by atoms with Gasteiger partial charge in [-0.25, -0.2) is 4.98 Å². The largest absolute Gasteiger partial charge is 0.357 e. The Bertz CT molecular complexity index is 1720. The van der Waals surface area contributed by atoms with Crippen LogP contribution in [0.25, 0.3) is 21.7 Å². The van der Waals surface area contributed by atoms with Crippen LogP contribution in [-0.4, -0.2) is 44.8 Å². The van der Waals surface area contributed by atoms with E-state index in [1.54, 1.807) is 11.9 Å². The second-order valence-electron chi connectivity index (χ2n) is 10.3. The van der Waals surface area contributed by atoms with E-state index in [0.29, 0.717) is 30.2 Å². The molecule has 5 aromatic rings. The number of anilines is 1. The lowest BCUT2D eigenvalue weighted by Crippen LogP contribution is -2.38. The number of aromatic nitrogens is 3. The number of imidazole rings is 1. The zero-order chi connectivity index (χ0) is 25.8. The Hall–Kier alpha value is -4.39. The maximum atomic E-state index is 14.2. The number of amides is 2. The number of hydrogen-bond acceptors (Lipinski definition) is 3. The van der Waals surface area contributed by atoms with Crippen LogP contribution in [0.15, 0.2) is 66.7 Å². The molecule has 7 rings (SSSR count). The number of nitrogens with zero attached hydrogens (tertiary/aromatic N) is 4. The van der Waals surface area contributed by atoms with Crippen LogP contribution in [0.4, 0.5) is 5.82 Å². The molecule has 0 unspecified atom stereocenters. The number of hydrogen-bond donors (Lipinski definition) is 1. The summed E-state index contributed by atoms with van der Waals surface area (Å²) in [6.07, 6.45) is 3.64. The molecule has 2 aliphatic rings. The van der Waals surface area contributed by atoms with E-state index < -0.39 is 0 Å². The van der Waals surface area contributed by atoms with Gasteiger partial charge in [0.2, 0.25) is 0 Å². The van der Waals surface area contributed by atoms with E-state index in [2.05, 4.69) is 27.8 Å². The third-order valence-electron chi connectivity index (χ3n) is 8.08. The van der Waals surface area contributed by atoms with E-state index in [1.165, 1.54) is 10.9 Å². The molecule has 4 heterocycles. The standard InChI is InChI=1S/C31H29N5O2/c1-34(30(37)24-13-8-10-20-9-2-3-11-21(20)24)29-28(36-17-7-6-15-27(36)33-29)31(38)35-18-16-23-22-12-4-5-14-25(22)32-26(23)19-35/h2-5,8-14,32H,6-7,15-19H2,1H3. The van der Waals surface area contributed by atoms with Gasteiger partial charge in [-0.05, 0) is 47.7 Å². The fraction of sp³-hybridized carbons (Fsp3) is 0.258. The highest BCUT2D eigenvalue weighted by molar-refractivity contribution is 6.15. The summed E-state index contributed by atoms with van der Waals surface area (Å²) in [7, 11) is 1.74. The molecule has 0 spiro atoms.